The summed E-state index contributed by atoms with van der Waals surface area (Å²) in [5.41, 5.74) is 3.25. The van der Waals surface area contributed by atoms with Crippen LogP contribution in [-0.4, -0.2) is 31.1 Å². The zero-order valence-electron chi connectivity index (χ0n) is 28.3. The third-order valence-corrected chi connectivity index (χ3v) is 11.4. The number of nitrogens with zero attached hydrogens (tertiary/aromatic N) is 2. The van der Waals surface area contributed by atoms with Crippen LogP contribution in [0.1, 0.15) is 41.4 Å². The fourth-order valence-electron chi connectivity index (χ4n) is 9.04. The Labute approximate surface area is 301 Å². The van der Waals surface area contributed by atoms with Crippen molar-refractivity contribution in [2.24, 2.45) is 0 Å². The number of benzene rings is 10. The van der Waals surface area contributed by atoms with Gasteiger partial charge >= 0.3 is 0 Å². The van der Waals surface area contributed by atoms with Gasteiger partial charge in [0.15, 0.2) is 6.29 Å². The largest absolute Gasteiger partial charge is 0.311 e. The van der Waals surface area contributed by atoms with Crippen molar-refractivity contribution in [1.82, 2.24) is 0 Å². The summed E-state index contributed by atoms with van der Waals surface area (Å²) < 4.78 is 0. The Morgan fingerprint density at radius 1 is 0.491 bits per heavy atom. The van der Waals surface area contributed by atoms with E-state index in [2.05, 4.69) is 24.3 Å². The lowest BCUT2D eigenvalue weighted by Crippen LogP contribution is -2.40. The first-order valence-electron chi connectivity index (χ1n) is 17.5. The van der Waals surface area contributed by atoms with Gasteiger partial charge in [-0.15, -0.1) is 0 Å². The molecule has 248 valence electrons. The second-order valence-electron chi connectivity index (χ2n) is 13.9. The van der Waals surface area contributed by atoms with E-state index >= 15 is 0 Å². The van der Waals surface area contributed by atoms with Crippen molar-refractivity contribution in [3.63, 3.8) is 0 Å². The summed E-state index contributed by atoms with van der Waals surface area (Å²) in [6, 6.07) is 42.5. The second kappa shape index (κ2) is 10.4. The summed E-state index contributed by atoms with van der Waals surface area (Å²) in [7, 11) is 1.75. The molecule has 0 aliphatic carbocycles. The maximum atomic E-state index is 14.1. The van der Waals surface area contributed by atoms with Gasteiger partial charge < -0.3 is 4.90 Å². The van der Waals surface area contributed by atoms with Crippen LogP contribution in [0, 0.1) is 0 Å². The molecule has 0 unspecified atom stereocenters. The van der Waals surface area contributed by atoms with E-state index in [1.165, 1.54) is 4.90 Å². The molecule has 0 saturated heterocycles. The summed E-state index contributed by atoms with van der Waals surface area (Å²) in [6.45, 7) is 0. The Balaban J connectivity index is 1.21. The molecule has 1 heterocycles. The topological polar surface area (TPSA) is 74.8 Å². The highest BCUT2D eigenvalue weighted by Crippen LogP contribution is 2.49. The van der Waals surface area contributed by atoms with Crippen molar-refractivity contribution in [2.75, 3.05) is 16.8 Å². The lowest BCUT2D eigenvalue weighted by molar-refractivity contribution is 0.0892. The van der Waals surface area contributed by atoms with E-state index in [4.69, 9.17) is 0 Å². The summed E-state index contributed by atoms with van der Waals surface area (Å²) in [4.78, 5) is 57.6. The van der Waals surface area contributed by atoms with E-state index in [1.807, 2.05) is 97.1 Å². The Kier molecular flexibility index (Phi) is 5.82. The number of para-hydroxylation sites is 2. The summed E-state index contributed by atoms with van der Waals surface area (Å²) in [5.74, 6) is -0.860. The van der Waals surface area contributed by atoms with Gasteiger partial charge in [0, 0.05) is 45.8 Å². The third-order valence-electron chi connectivity index (χ3n) is 11.4. The van der Waals surface area contributed by atoms with Crippen LogP contribution in [0.4, 0.5) is 11.4 Å². The highest BCUT2D eigenvalue weighted by Gasteiger charge is 2.35. The van der Waals surface area contributed by atoms with Crippen molar-refractivity contribution in [1.29, 1.82) is 0 Å². The molecule has 10 aromatic carbocycles. The molecule has 0 saturated carbocycles. The maximum Gasteiger partial charge on any atom is 0.265 e. The van der Waals surface area contributed by atoms with Crippen molar-refractivity contribution in [3.8, 4) is 0 Å². The average Bonchev–Trinajstić information content (AvgIpc) is 3.21. The van der Waals surface area contributed by atoms with Crippen LogP contribution < -0.4 is 9.80 Å². The van der Waals surface area contributed by atoms with Gasteiger partial charge in [0.1, 0.15) is 0 Å². The van der Waals surface area contributed by atoms with Crippen LogP contribution in [0.3, 0.4) is 0 Å². The summed E-state index contributed by atoms with van der Waals surface area (Å²) in [5, 5.41) is 13.3. The lowest BCUT2D eigenvalue weighted by Gasteiger charge is -2.28. The van der Waals surface area contributed by atoms with Crippen LogP contribution >= 0.6 is 0 Å². The van der Waals surface area contributed by atoms with Crippen molar-refractivity contribution >= 4 is 111 Å². The predicted molar refractivity (Wildman–Crippen MR) is 214 cm³/mol. The average molecular weight is 683 g/mol. The molecule has 10 aromatic rings. The molecule has 0 N–H and O–H groups in total. The molecule has 0 spiro atoms. The van der Waals surface area contributed by atoms with E-state index in [1.54, 1.807) is 24.1 Å². The first-order chi connectivity index (χ1) is 26.0. The fourth-order valence-corrected chi connectivity index (χ4v) is 9.04. The quantitative estimate of drug-likeness (QED) is 0.0801. The van der Waals surface area contributed by atoms with Gasteiger partial charge in [0.2, 0.25) is 0 Å². The molecule has 6 nitrogen and oxygen atoms in total. The summed E-state index contributed by atoms with van der Waals surface area (Å²) in [6.07, 6.45) is 0.835. The maximum absolute atomic E-state index is 14.1. The van der Waals surface area contributed by atoms with E-state index < -0.39 is 0 Å². The number of anilines is 2. The summed E-state index contributed by atoms with van der Waals surface area (Å²) >= 11 is 0. The van der Waals surface area contributed by atoms with E-state index in [0.717, 1.165) is 76.6 Å². The van der Waals surface area contributed by atoms with Gasteiger partial charge in [-0.05, 0) is 107 Å². The van der Waals surface area contributed by atoms with Gasteiger partial charge in [-0.3, -0.25) is 19.2 Å². The van der Waals surface area contributed by atoms with E-state index in [0.29, 0.717) is 38.7 Å². The molecule has 0 radical (unpaired) electrons. The number of hydrogen-bond donors (Lipinski definition) is 0. The zero-order valence-corrected chi connectivity index (χ0v) is 28.3. The smallest absolute Gasteiger partial charge is 0.265 e. The standard InChI is InChI=1S/C47H26N2O4/c1-48(26-8-4-2-5-9-26)45(51)36-21-18-29-31-15-17-33-35-20-23-38-44-37(46(52)49(47(38)53)27-10-6-3-7-11-27)22-19-34(43(35)44)32-16-14-30(41(31)42(32)33)28-13-12-25(24-50)39(36)40(28)29/h2-24H,1H3. The van der Waals surface area contributed by atoms with Crippen molar-refractivity contribution in [3.05, 3.63) is 156 Å². The van der Waals surface area contributed by atoms with Crippen LogP contribution in [-0.2, 0) is 0 Å². The van der Waals surface area contributed by atoms with Gasteiger partial charge in [-0.1, -0.05) is 91.0 Å². The highest BCUT2D eigenvalue weighted by molar-refractivity contribution is 6.46. The van der Waals surface area contributed by atoms with Crippen molar-refractivity contribution in [2.45, 2.75) is 0 Å². The molecule has 1 aliphatic rings. The molecular weight excluding hydrogens is 657 g/mol. The number of carbonyl (C=O) groups excluding carboxylic acids is 4. The van der Waals surface area contributed by atoms with Crippen LogP contribution in [0.25, 0.3) is 75.4 Å². The van der Waals surface area contributed by atoms with Crippen LogP contribution in [0.2, 0.25) is 0 Å². The SMILES string of the molecule is CN(C(=O)c1ccc2c3ccc4c5ccc6c7c(ccc(c8ccc(c9ccc(C=O)c1c92)c3c84)c75)C(=O)N(c1ccccc1)C6=O)c1ccccc1. The first kappa shape index (κ1) is 29.5. The molecule has 1 aliphatic heterocycles. The second-order valence-corrected chi connectivity index (χ2v) is 13.9. The minimum atomic E-state index is -0.333. The van der Waals surface area contributed by atoms with E-state index in [9.17, 15) is 19.2 Å². The highest BCUT2D eigenvalue weighted by atomic mass is 16.2. The Bertz CT molecular complexity index is 3140. The lowest BCUT2D eigenvalue weighted by atomic mass is 9.81. The third kappa shape index (κ3) is 3.71. The van der Waals surface area contributed by atoms with Gasteiger partial charge in [-0.2, -0.15) is 0 Å². The normalized spacial score (nSPS) is 13.2. The monoisotopic (exact) mass is 682 g/mol. The van der Waals surface area contributed by atoms with Crippen LogP contribution in [0.15, 0.2) is 133 Å². The number of carbonyl (C=O) groups is 4. The molecule has 6 heteroatoms. The molecule has 53 heavy (non-hydrogen) atoms. The number of amides is 3. The minimum absolute atomic E-state index is 0.195. The molecule has 11 rings (SSSR count). The number of rotatable bonds is 4. The molecule has 0 bridgehead atoms. The molecular formula is C47H26N2O4. The number of fused-ring (bicyclic) bond motifs is 4. The van der Waals surface area contributed by atoms with E-state index in [-0.39, 0.29) is 17.7 Å². The number of imide groups is 1. The Hall–Kier alpha value is -7.18. The minimum Gasteiger partial charge on any atom is -0.311 e. The first-order valence-corrected chi connectivity index (χ1v) is 17.5. The number of hydrogen-bond acceptors (Lipinski definition) is 4. The zero-order chi connectivity index (χ0) is 35.7. The van der Waals surface area contributed by atoms with Gasteiger partial charge in [0.25, 0.3) is 17.7 Å². The Morgan fingerprint density at radius 2 is 0.906 bits per heavy atom. The van der Waals surface area contributed by atoms with Crippen LogP contribution in [0.5, 0.6) is 0 Å². The molecule has 3 amide bonds. The molecule has 0 aromatic heterocycles. The molecule has 0 atom stereocenters. The Morgan fingerprint density at radius 3 is 1.42 bits per heavy atom. The van der Waals surface area contributed by atoms with Gasteiger partial charge in [0.05, 0.1) is 5.69 Å². The fraction of sp³-hybridized carbons (Fsp3) is 0.0213. The predicted octanol–water partition coefficient (Wildman–Crippen LogP) is 10.5. The van der Waals surface area contributed by atoms with Crippen molar-refractivity contribution < 1.29 is 19.2 Å². The number of aldehydes is 1. The molecule has 0 fully saturated rings. The van der Waals surface area contributed by atoms with Gasteiger partial charge in [-0.25, -0.2) is 4.90 Å².